The summed E-state index contributed by atoms with van der Waals surface area (Å²) < 4.78 is 49.4. The van der Waals surface area contributed by atoms with Crippen molar-refractivity contribution in [1.82, 2.24) is 15.1 Å². The average molecular weight is 469 g/mol. The minimum Gasteiger partial charge on any atom is -0.489 e. The molecule has 3 heterocycles. The molecule has 0 aliphatic carbocycles. The Morgan fingerprint density at radius 2 is 1.88 bits per heavy atom. The lowest BCUT2D eigenvalue weighted by Gasteiger charge is -2.29. The molecule has 3 aliphatic rings. The van der Waals surface area contributed by atoms with Gasteiger partial charge in [0.15, 0.2) is 0 Å². The zero-order chi connectivity index (χ0) is 28.1. The van der Waals surface area contributed by atoms with E-state index in [1.807, 2.05) is 0 Å². The SMILES string of the molecule is [2H]C1N(Cc2ccc(COc3cccc4c3CN(C3CCC(=O)NC3=O)C4=O)cc2)C(=O)C([2H])([2H])OC1([2H])[2H]. The number of morpholine rings is 1. The van der Waals surface area contributed by atoms with E-state index in [4.69, 9.17) is 11.6 Å². The number of amides is 4. The Balaban J connectivity index is 1.25. The van der Waals surface area contributed by atoms with E-state index in [1.165, 1.54) is 4.90 Å². The molecule has 0 saturated carbocycles. The van der Waals surface area contributed by atoms with Crippen molar-refractivity contribution in [3.05, 3.63) is 64.7 Å². The topological polar surface area (TPSA) is 105 Å². The van der Waals surface area contributed by atoms with Crippen LogP contribution in [0, 0.1) is 0 Å². The second-order valence-corrected chi connectivity index (χ2v) is 8.17. The normalized spacial score (nSPS) is 27.7. The second-order valence-electron chi connectivity index (χ2n) is 8.17. The minimum absolute atomic E-state index is 0.145. The van der Waals surface area contributed by atoms with Gasteiger partial charge < -0.3 is 19.3 Å². The van der Waals surface area contributed by atoms with E-state index < -0.39 is 37.5 Å². The third-order valence-electron chi connectivity index (χ3n) is 5.98. The standard InChI is InChI=1S/C25H25N3O6/c29-22-9-8-20(24(31)26-22)28-13-19-18(25(28)32)2-1-3-21(19)34-14-17-6-4-16(5-7-17)12-27-10-11-33-15-23(27)30/h1-7,20H,8-15H2,(H,26,29,31)/i10D,11D2,15D2. The number of benzene rings is 2. The van der Waals surface area contributed by atoms with E-state index in [1.54, 1.807) is 42.5 Å². The van der Waals surface area contributed by atoms with Crippen LogP contribution in [0.2, 0.25) is 0 Å². The van der Waals surface area contributed by atoms with Crippen molar-refractivity contribution < 1.29 is 35.5 Å². The van der Waals surface area contributed by atoms with Crippen molar-refractivity contribution in [2.24, 2.45) is 0 Å². The van der Waals surface area contributed by atoms with Gasteiger partial charge in [0, 0.05) is 30.6 Å². The fourth-order valence-electron chi connectivity index (χ4n) is 4.19. The number of carbonyl (C=O) groups is 4. The number of hydrogen-bond donors (Lipinski definition) is 1. The van der Waals surface area contributed by atoms with Gasteiger partial charge in [0.25, 0.3) is 5.91 Å². The van der Waals surface area contributed by atoms with Crippen LogP contribution in [0.3, 0.4) is 0 Å². The van der Waals surface area contributed by atoms with Crippen LogP contribution in [0.25, 0.3) is 0 Å². The van der Waals surface area contributed by atoms with E-state index in [9.17, 15) is 19.2 Å². The number of fused-ring (bicyclic) bond motifs is 1. The van der Waals surface area contributed by atoms with Crippen molar-refractivity contribution in [1.29, 1.82) is 0 Å². The molecule has 2 aromatic carbocycles. The predicted octanol–water partition coefficient (Wildman–Crippen LogP) is 1.39. The van der Waals surface area contributed by atoms with Crippen LogP contribution < -0.4 is 10.1 Å². The first-order valence-electron chi connectivity index (χ1n) is 13.4. The molecule has 176 valence electrons. The van der Waals surface area contributed by atoms with E-state index >= 15 is 0 Å². The summed E-state index contributed by atoms with van der Waals surface area (Å²) >= 11 is 0. The molecule has 5 rings (SSSR count). The summed E-state index contributed by atoms with van der Waals surface area (Å²) in [6.07, 6.45) is 0.428. The highest BCUT2D eigenvalue weighted by Crippen LogP contribution is 2.34. The maximum absolute atomic E-state index is 13.0. The van der Waals surface area contributed by atoms with Gasteiger partial charge in [-0.1, -0.05) is 30.3 Å². The Morgan fingerprint density at radius 3 is 2.68 bits per heavy atom. The van der Waals surface area contributed by atoms with Crippen molar-refractivity contribution in [3.8, 4) is 5.75 Å². The lowest BCUT2D eigenvalue weighted by molar-refractivity contribution is -0.143. The third-order valence-corrected chi connectivity index (χ3v) is 5.98. The second kappa shape index (κ2) is 9.26. The van der Waals surface area contributed by atoms with Gasteiger partial charge in [-0.15, -0.1) is 0 Å². The summed E-state index contributed by atoms with van der Waals surface area (Å²) in [7, 11) is 0. The van der Waals surface area contributed by atoms with Crippen molar-refractivity contribution in [3.63, 3.8) is 0 Å². The highest BCUT2D eigenvalue weighted by atomic mass is 16.5. The fraction of sp³-hybridized carbons (Fsp3) is 0.360. The summed E-state index contributed by atoms with van der Waals surface area (Å²) in [5.41, 5.74) is 2.40. The summed E-state index contributed by atoms with van der Waals surface area (Å²) in [4.78, 5) is 51.4. The maximum atomic E-state index is 13.0. The Labute approximate surface area is 203 Å². The Hall–Kier alpha value is -3.72. The molecule has 2 fully saturated rings. The molecule has 4 amide bonds. The molecule has 0 spiro atoms. The van der Waals surface area contributed by atoms with E-state index in [0.717, 1.165) is 10.5 Å². The zero-order valence-electron chi connectivity index (χ0n) is 23.1. The molecule has 9 nitrogen and oxygen atoms in total. The van der Waals surface area contributed by atoms with E-state index in [-0.39, 0.29) is 44.4 Å². The smallest absolute Gasteiger partial charge is 0.255 e. The monoisotopic (exact) mass is 468 g/mol. The summed E-state index contributed by atoms with van der Waals surface area (Å²) in [5.74, 6) is -1.77. The summed E-state index contributed by atoms with van der Waals surface area (Å²) in [6, 6.07) is 11.2. The number of rotatable bonds is 6. The Morgan fingerprint density at radius 1 is 1.09 bits per heavy atom. The summed E-state index contributed by atoms with van der Waals surface area (Å²) in [5, 5.41) is 2.28. The predicted molar refractivity (Wildman–Crippen MR) is 119 cm³/mol. The number of piperidine rings is 1. The van der Waals surface area contributed by atoms with Crippen molar-refractivity contribution in [2.75, 3.05) is 19.6 Å². The van der Waals surface area contributed by atoms with Crippen LogP contribution in [0.4, 0.5) is 0 Å². The summed E-state index contributed by atoms with van der Waals surface area (Å²) in [6.45, 7) is -7.14. The number of nitrogens with zero attached hydrogens (tertiary/aromatic N) is 2. The number of imide groups is 1. The van der Waals surface area contributed by atoms with Gasteiger partial charge in [0.05, 0.1) is 20.0 Å². The van der Waals surface area contributed by atoms with Crippen LogP contribution in [0.1, 0.15) is 46.7 Å². The molecule has 2 aromatic rings. The molecule has 0 aromatic heterocycles. The number of nitrogens with one attached hydrogen (secondary N) is 1. The van der Waals surface area contributed by atoms with Crippen LogP contribution >= 0.6 is 0 Å². The van der Waals surface area contributed by atoms with Gasteiger partial charge in [0.2, 0.25) is 17.7 Å². The molecule has 0 bridgehead atoms. The van der Waals surface area contributed by atoms with Gasteiger partial charge in [0.1, 0.15) is 25.0 Å². The van der Waals surface area contributed by atoms with Gasteiger partial charge in [-0.05, 0) is 29.7 Å². The molecule has 2 unspecified atom stereocenters. The first kappa shape index (κ1) is 16.8. The van der Waals surface area contributed by atoms with Crippen LogP contribution in [-0.4, -0.2) is 59.1 Å². The van der Waals surface area contributed by atoms with Gasteiger partial charge >= 0.3 is 0 Å². The molecule has 3 aliphatic heterocycles. The van der Waals surface area contributed by atoms with E-state index in [2.05, 4.69) is 10.1 Å². The molecule has 9 heteroatoms. The minimum atomic E-state index is -2.88. The molecule has 2 atom stereocenters. The Bertz CT molecular complexity index is 1350. The van der Waals surface area contributed by atoms with E-state index in [0.29, 0.717) is 22.4 Å². The van der Waals surface area contributed by atoms with Gasteiger partial charge in [-0.2, -0.15) is 0 Å². The third kappa shape index (κ3) is 4.38. The van der Waals surface area contributed by atoms with Crippen LogP contribution in [0.5, 0.6) is 5.75 Å². The molecular weight excluding hydrogens is 438 g/mol. The zero-order valence-corrected chi connectivity index (χ0v) is 18.1. The molecular formula is C25H25N3O6. The average Bonchev–Trinajstić information content (AvgIpc) is 3.21. The largest absolute Gasteiger partial charge is 0.489 e. The highest BCUT2D eigenvalue weighted by Gasteiger charge is 2.40. The number of carbonyl (C=O) groups excluding carboxylic acids is 4. The lowest BCUT2D eigenvalue weighted by atomic mass is 10.0. The molecule has 34 heavy (non-hydrogen) atoms. The molecule has 1 N–H and O–H groups in total. The lowest BCUT2D eigenvalue weighted by Crippen LogP contribution is -2.52. The molecule has 2 saturated heterocycles. The fourth-order valence-corrected chi connectivity index (χ4v) is 4.19. The van der Waals surface area contributed by atoms with Crippen LogP contribution in [-0.2, 0) is 38.8 Å². The van der Waals surface area contributed by atoms with Crippen molar-refractivity contribution in [2.45, 2.75) is 38.6 Å². The van der Waals surface area contributed by atoms with Crippen molar-refractivity contribution >= 4 is 23.6 Å². The van der Waals surface area contributed by atoms with Gasteiger partial charge in [-0.3, -0.25) is 24.5 Å². The van der Waals surface area contributed by atoms with Crippen LogP contribution in [0.15, 0.2) is 42.5 Å². The quantitative estimate of drug-likeness (QED) is 0.643. The maximum Gasteiger partial charge on any atom is 0.255 e. The highest BCUT2D eigenvalue weighted by molar-refractivity contribution is 6.05. The number of hydrogen-bond acceptors (Lipinski definition) is 6. The first-order chi connectivity index (χ1) is 18.4. The Kier molecular flexibility index (Phi) is 4.58. The first-order valence-corrected chi connectivity index (χ1v) is 10.8. The van der Waals surface area contributed by atoms with Gasteiger partial charge in [-0.25, -0.2) is 0 Å². The number of ether oxygens (including phenoxy) is 2. The molecule has 0 radical (unpaired) electrons.